The van der Waals surface area contributed by atoms with Gasteiger partial charge in [0.15, 0.2) is 5.78 Å². The van der Waals surface area contributed by atoms with Crippen molar-refractivity contribution in [2.75, 3.05) is 13.1 Å². The molecule has 1 fully saturated rings. The predicted molar refractivity (Wildman–Crippen MR) is 74.9 cm³/mol. The zero-order chi connectivity index (χ0) is 14.0. The van der Waals surface area contributed by atoms with Gasteiger partial charge in [-0.3, -0.25) is 9.59 Å². The predicted octanol–water partition coefficient (Wildman–Crippen LogP) is 2.37. The van der Waals surface area contributed by atoms with Gasteiger partial charge < -0.3 is 4.90 Å². The molecule has 0 saturated carbocycles. The average molecular weight is 259 g/mol. The topological polar surface area (TPSA) is 37.4 Å². The second-order valence-corrected chi connectivity index (χ2v) is 5.98. The highest BCUT2D eigenvalue weighted by molar-refractivity contribution is 5.91. The molecule has 1 amide bonds. The number of ketones is 1. The molecule has 1 aromatic rings. The lowest BCUT2D eigenvalue weighted by Gasteiger charge is -2.35. The molecule has 0 bridgehead atoms. The molecule has 0 radical (unpaired) electrons. The van der Waals surface area contributed by atoms with Crippen LogP contribution in [0.15, 0.2) is 24.3 Å². The quantitative estimate of drug-likeness (QED) is 0.817. The number of carbonyl (C=O) groups excluding carboxylic acids is 2. The van der Waals surface area contributed by atoms with E-state index in [1.54, 1.807) is 4.90 Å². The van der Waals surface area contributed by atoms with E-state index in [0.717, 1.165) is 17.5 Å². The van der Waals surface area contributed by atoms with Crippen molar-refractivity contribution in [1.29, 1.82) is 0 Å². The van der Waals surface area contributed by atoms with E-state index in [4.69, 9.17) is 0 Å². The Morgan fingerprint density at radius 3 is 2.63 bits per heavy atom. The molecule has 0 atom stereocenters. The first-order valence-electron chi connectivity index (χ1n) is 6.76. The summed E-state index contributed by atoms with van der Waals surface area (Å²) in [5.74, 6) is 0.218. The smallest absolute Gasteiger partial charge is 0.227 e. The summed E-state index contributed by atoms with van der Waals surface area (Å²) in [6.07, 6.45) is 1.14. The standard InChI is InChI=1S/C16H21NO2/c1-12-6-4-5-7-13(12)10-15(19)17-9-8-16(2,3)14(18)11-17/h4-7H,8-11H2,1-3H3. The zero-order valence-electron chi connectivity index (χ0n) is 11.9. The van der Waals surface area contributed by atoms with Gasteiger partial charge in [0.2, 0.25) is 5.91 Å². The van der Waals surface area contributed by atoms with E-state index in [1.807, 2.05) is 45.0 Å². The number of carbonyl (C=O) groups is 2. The molecule has 102 valence electrons. The highest BCUT2D eigenvalue weighted by Crippen LogP contribution is 2.27. The highest BCUT2D eigenvalue weighted by atomic mass is 16.2. The summed E-state index contributed by atoms with van der Waals surface area (Å²) in [5.41, 5.74) is 1.89. The highest BCUT2D eigenvalue weighted by Gasteiger charge is 2.35. The van der Waals surface area contributed by atoms with E-state index in [2.05, 4.69) is 0 Å². The van der Waals surface area contributed by atoms with Crippen molar-refractivity contribution in [3.8, 4) is 0 Å². The van der Waals surface area contributed by atoms with Crippen LogP contribution in [0.3, 0.4) is 0 Å². The molecule has 1 aliphatic heterocycles. The molecule has 2 rings (SSSR count). The summed E-state index contributed by atoms with van der Waals surface area (Å²) < 4.78 is 0. The summed E-state index contributed by atoms with van der Waals surface area (Å²) in [6.45, 7) is 6.87. The molecule has 0 spiro atoms. The Morgan fingerprint density at radius 2 is 2.00 bits per heavy atom. The van der Waals surface area contributed by atoms with Gasteiger partial charge in [-0.25, -0.2) is 0 Å². The Labute approximate surface area is 114 Å². The zero-order valence-corrected chi connectivity index (χ0v) is 11.9. The van der Waals surface area contributed by atoms with Crippen LogP contribution < -0.4 is 0 Å². The van der Waals surface area contributed by atoms with Crippen LogP contribution in [0.2, 0.25) is 0 Å². The summed E-state index contributed by atoms with van der Waals surface area (Å²) in [5, 5.41) is 0. The number of hydrogen-bond acceptors (Lipinski definition) is 2. The van der Waals surface area contributed by atoms with Gasteiger partial charge in [-0.1, -0.05) is 38.1 Å². The maximum absolute atomic E-state index is 12.3. The summed E-state index contributed by atoms with van der Waals surface area (Å²) in [6, 6.07) is 7.90. The van der Waals surface area contributed by atoms with Gasteiger partial charge in [0.05, 0.1) is 13.0 Å². The van der Waals surface area contributed by atoms with Crippen LogP contribution in [0.25, 0.3) is 0 Å². The summed E-state index contributed by atoms with van der Waals surface area (Å²) in [7, 11) is 0. The molecule has 0 aliphatic carbocycles. The second kappa shape index (κ2) is 5.16. The Kier molecular flexibility index (Phi) is 3.74. The van der Waals surface area contributed by atoms with E-state index in [0.29, 0.717) is 13.0 Å². The number of likely N-dealkylation sites (tertiary alicyclic amines) is 1. The number of nitrogens with zero attached hydrogens (tertiary/aromatic N) is 1. The van der Waals surface area contributed by atoms with E-state index < -0.39 is 0 Å². The average Bonchev–Trinajstić information content (AvgIpc) is 2.35. The van der Waals surface area contributed by atoms with E-state index in [1.165, 1.54) is 0 Å². The fraction of sp³-hybridized carbons (Fsp3) is 0.500. The number of benzene rings is 1. The van der Waals surface area contributed by atoms with E-state index in [-0.39, 0.29) is 23.7 Å². The molecule has 0 N–H and O–H groups in total. The number of Topliss-reactive ketones (excluding diaryl/α,β-unsaturated/α-hetero) is 1. The monoisotopic (exact) mass is 259 g/mol. The van der Waals surface area contributed by atoms with Crippen LogP contribution >= 0.6 is 0 Å². The van der Waals surface area contributed by atoms with Crippen molar-refractivity contribution < 1.29 is 9.59 Å². The van der Waals surface area contributed by atoms with Gasteiger partial charge in [0.1, 0.15) is 0 Å². The van der Waals surface area contributed by atoms with Crippen molar-refractivity contribution in [3.63, 3.8) is 0 Å². The fourth-order valence-corrected chi connectivity index (χ4v) is 2.32. The Bertz CT molecular complexity index is 505. The first-order chi connectivity index (χ1) is 8.90. The van der Waals surface area contributed by atoms with Gasteiger partial charge in [-0.2, -0.15) is 0 Å². The SMILES string of the molecule is Cc1ccccc1CC(=O)N1CCC(C)(C)C(=O)C1. The molecule has 19 heavy (non-hydrogen) atoms. The lowest BCUT2D eigenvalue weighted by Crippen LogP contribution is -2.48. The number of aryl methyl sites for hydroxylation is 1. The third-order valence-corrected chi connectivity index (χ3v) is 4.05. The van der Waals surface area contributed by atoms with Crippen molar-refractivity contribution in [2.24, 2.45) is 5.41 Å². The van der Waals surface area contributed by atoms with Gasteiger partial charge >= 0.3 is 0 Å². The fourth-order valence-electron chi connectivity index (χ4n) is 2.32. The minimum atomic E-state index is -0.278. The Balaban J connectivity index is 2.02. The van der Waals surface area contributed by atoms with Gasteiger partial charge in [-0.15, -0.1) is 0 Å². The lowest BCUT2D eigenvalue weighted by atomic mass is 9.81. The van der Waals surface area contributed by atoms with Gasteiger partial charge in [0.25, 0.3) is 0 Å². The third-order valence-electron chi connectivity index (χ3n) is 4.05. The van der Waals surface area contributed by atoms with E-state index >= 15 is 0 Å². The number of rotatable bonds is 2. The van der Waals surface area contributed by atoms with Crippen LogP contribution in [-0.2, 0) is 16.0 Å². The van der Waals surface area contributed by atoms with Crippen LogP contribution in [0.4, 0.5) is 0 Å². The van der Waals surface area contributed by atoms with Crippen molar-refractivity contribution >= 4 is 11.7 Å². The van der Waals surface area contributed by atoms with Crippen LogP contribution in [0.5, 0.6) is 0 Å². The number of amides is 1. The van der Waals surface area contributed by atoms with Crippen LogP contribution in [0.1, 0.15) is 31.4 Å². The first-order valence-corrected chi connectivity index (χ1v) is 6.76. The van der Waals surface area contributed by atoms with Crippen molar-refractivity contribution in [1.82, 2.24) is 4.90 Å². The minimum absolute atomic E-state index is 0.0538. The van der Waals surface area contributed by atoms with Crippen molar-refractivity contribution in [3.05, 3.63) is 35.4 Å². The van der Waals surface area contributed by atoms with Crippen molar-refractivity contribution in [2.45, 2.75) is 33.6 Å². The number of hydrogen-bond donors (Lipinski definition) is 0. The van der Waals surface area contributed by atoms with E-state index in [9.17, 15) is 9.59 Å². The summed E-state index contributed by atoms with van der Waals surface area (Å²) in [4.78, 5) is 25.9. The minimum Gasteiger partial charge on any atom is -0.335 e. The maximum atomic E-state index is 12.3. The maximum Gasteiger partial charge on any atom is 0.227 e. The molecular formula is C16H21NO2. The Morgan fingerprint density at radius 1 is 1.32 bits per heavy atom. The molecule has 1 aliphatic rings. The van der Waals surface area contributed by atoms with Crippen LogP contribution in [0, 0.1) is 12.3 Å². The number of piperidine rings is 1. The van der Waals surface area contributed by atoms with Gasteiger partial charge in [0, 0.05) is 12.0 Å². The largest absolute Gasteiger partial charge is 0.335 e. The van der Waals surface area contributed by atoms with Crippen LogP contribution in [-0.4, -0.2) is 29.7 Å². The first kappa shape index (κ1) is 13.8. The Hall–Kier alpha value is -1.64. The third kappa shape index (κ3) is 3.03. The summed E-state index contributed by atoms with van der Waals surface area (Å²) >= 11 is 0. The lowest BCUT2D eigenvalue weighted by molar-refractivity contribution is -0.142. The molecule has 0 unspecified atom stereocenters. The molecule has 1 heterocycles. The molecule has 1 saturated heterocycles. The molecule has 3 heteroatoms. The molecule has 1 aromatic carbocycles. The van der Waals surface area contributed by atoms with Gasteiger partial charge in [-0.05, 0) is 24.5 Å². The molecular weight excluding hydrogens is 238 g/mol. The molecule has 3 nitrogen and oxygen atoms in total. The molecule has 0 aromatic heterocycles. The normalized spacial score (nSPS) is 18.5. The second-order valence-electron chi connectivity index (χ2n) is 5.98.